The van der Waals surface area contributed by atoms with Gasteiger partial charge < -0.3 is 10.1 Å². The molecule has 2 aromatic rings. The Hall–Kier alpha value is -1.68. The molecule has 14 heavy (non-hydrogen) atoms. The Kier molecular flexibility index (Phi) is 2.55. The van der Waals surface area contributed by atoms with Gasteiger partial charge in [-0.1, -0.05) is 6.07 Å². The molecule has 0 aliphatic rings. The third-order valence-electron chi connectivity index (χ3n) is 1.99. The lowest BCUT2D eigenvalue weighted by atomic mass is 10.2. The van der Waals surface area contributed by atoms with Crippen molar-refractivity contribution in [3.8, 4) is 11.4 Å². The van der Waals surface area contributed by atoms with Crippen molar-refractivity contribution in [2.45, 2.75) is 6.42 Å². The Balaban J connectivity index is 2.37. The SMILES string of the molecule is OCCc1[nH]cnc1-c1ccccn1. The number of aliphatic hydroxyl groups excluding tert-OH is 1. The molecule has 0 aliphatic carbocycles. The first-order chi connectivity index (χ1) is 6.92. The largest absolute Gasteiger partial charge is 0.396 e. The molecule has 2 rings (SSSR count). The maximum atomic E-state index is 8.84. The Morgan fingerprint density at radius 3 is 2.93 bits per heavy atom. The fourth-order valence-electron chi connectivity index (χ4n) is 1.35. The molecular weight excluding hydrogens is 178 g/mol. The molecular formula is C10H11N3O. The van der Waals surface area contributed by atoms with E-state index in [4.69, 9.17) is 5.11 Å². The number of nitrogens with zero attached hydrogens (tertiary/aromatic N) is 2. The third kappa shape index (κ3) is 1.65. The molecule has 4 heteroatoms. The summed E-state index contributed by atoms with van der Waals surface area (Å²) in [7, 11) is 0. The molecule has 4 nitrogen and oxygen atoms in total. The highest BCUT2D eigenvalue weighted by atomic mass is 16.3. The molecule has 0 aromatic carbocycles. The molecule has 0 aliphatic heterocycles. The van der Waals surface area contributed by atoms with E-state index < -0.39 is 0 Å². The van der Waals surface area contributed by atoms with E-state index in [1.54, 1.807) is 12.5 Å². The number of pyridine rings is 1. The predicted molar refractivity (Wildman–Crippen MR) is 52.6 cm³/mol. The third-order valence-corrected chi connectivity index (χ3v) is 1.99. The highest BCUT2D eigenvalue weighted by molar-refractivity contribution is 5.56. The Morgan fingerprint density at radius 1 is 1.29 bits per heavy atom. The Labute approximate surface area is 81.7 Å². The van der Waals surface area contributed by atoms with Crippen molar-refractivity contribution in [1.82, 2.24) is 15.0 Å². The van der Waals surface area contributed by atoms with Crippen LogP contribution in [0.15, 0.2) is 30.7 Å². The second-order valence-corrected chi connectivity index (χ2v) is 2.92. The van der Waals surface area contributed by atoms with Gasteiger partial charge in [0.1, 0.15) is 5.69 Å². The monoisotopic (exact) mass is 189 g/mol. The minimum absolute atomic E-state index is 0.113. The minimum atomic E-state index is 0.113. The van der Waals surface area contributed by atoms with Crippen LogP contribution in [0.25, 0.3) is 11.4 Å². The molecule has 0 saturated heterocycles. The van der Waals surface area contributed by atoms with Crippen molar-refractivity contribution in [2.24, 2.45) is 0 Å². The van der Waals surface area contributed by atoms with Gasteiger partial charge in [0.2, 0.25) is 0 Å². The summed E-state index contributed by atoms with van der Waals surface area (Å²) >= 11 is 0. The summed E-state index contributed by atoms with van der Waals surface area (Å²) in [6.45, 7) is 0.113. The van der Waals surface area contributed by atoms with E-state index in [9.17, 15) is 0 Å². The molecule has 0 unspecified atom stereocenters. The van der Waals surface area contributed by atoms with Crippen LogP contribution in [0.3, 0.4) is 0 Å². The molecule has 0 radical (unpaired) electrons. The van der Waals surface area contributed by atoms with E-state index in [1.165, 1.54) is 0 Å². The van der Waals surface area contributed by atoms with Crippen LogP contribution in [0.5, 0.6) is 0 Å². The standard InChI is InChI=1S/C10H11N3O/c14-6-4-9-10(13-7-12-9)8-3-1-2-5-11-8/h1-3,5,7,14H,4,6H2,(H,12,13). The topological polar surface area (TPSA) is 61.8 Å². The molecule has 0 saturated carbocycles. The van der Waals surface area contributed by atoms with E-state index in [1.807, 2.05) is 18.2 Å². The highest BCUT2D eigenvalue weighted by Gasteiger charge is 2.07. The summed E-state index contributed by atoms with van der Waals surface area (Å²) < 4.78 is 0. The molecule has 72 valence electrons. The van der Waals surface area contributed by atoms with Gasteiger partial charge in [0, 0.05) is 24.9 Å². The van der Waals surface area contributed by atoms with Crippen LogP contribution in [-0.2, 0) is 6.42 Å². The smallest absolute Gasteiger partial charge is 0.110 e. The lowest BCUT2D eigenvalue weighted by Gasteiger charge is -1.99. The van der Waals surface area contributed by atoms with Gasteiger partial charge >= 0.3 is 0 Å². The van der Waals surface area contributed by atoms with E-state index in [2.05, 4.69) is 15.0 Å². The maximum Gasteiger partial charge on any atom is 0.110 e. The fourth-order valence-corrected chi connectivity index (χ4v) is 1.35. The Morgan fingerprint density at radius 2 is 2.21 bits per heavy atom. The molecule has 2 aromatic heterocycles. The van der Waals surface area contributed by atoms with Gasteiger partial charge in [-0.15, -0.1) is 0 Å². The van der Waals surface area contributed by atoms with Crippen molar-refractivity contribution in [1.29, 1.82) is 0 Å². The van der Waals surface area contributed by atoms with Crippen molar-refractivity contribution in [3.63, 3.8) is 0 Å². The number of H-pyrrole nitrogens is 1. The summed E-state index contributed by atoms with van der Waals surface area (Å²) in [4.78, 5) is 11.4. The van der Waals surface area contributed by atoms with E-state index in [0.717, 1.165) is 17.1 Å². The first-order valence-electron chi connectivity index (χ1n) is 4.46. The molecule has 0 bridgehead atoms. The molecule has 0 amide bonds. The lowest BCUT2D eigenvalue weighted by Crippen LogP contribution is -1.94. The first kappa shape index (κ1) is 8.90. The van der Waals surface area contributed by atoms with Gasteiger partial charge in [-0.05, 0) is 12.1 Å². The zero-order valence-corrected chi connectivity index (χ0v) is 7.64. The number of imidazole rings is 1. The van der Waals surface area contributed by atoms with Crippen LogP contribution < -0.4 is 0 Å². The molecule has 2 heterocycles. The summed E-state index contributed by atoms with van der Waals surface area (Å²) in [5, 5.41) is 8.84. The summed E-state index contributed by atoms with van der Waals surface area (Å²) in [6.07, 6.45) is 3.92. The number of rotatable bonds is 3. The molecule has 0 spiro atoms. The van der Waals surface area contributed by atoms with Gasteiger partial charge in [-0.2, -0.15) is 0 Å². The van der Waals surface area contributed by atoms with Crippen molar-refractivity contribution < 1.29 is 5.11 Å². The number of aromatic amines is 1. The second kappa shape index (κ2) is 4.02. The van der Waals surface area contributed by atoms with Gasteiger partial charge in [0.25, 0.3) is 0 Å². The van der Waals surface area contributed by atoms with Crippen molar-refractivity contribution >= 4 is 0 Å². The first-order valence-corrected chi connectivity index (χ1v) is 4.46. The summed E-state index contributed by atoms with van der Waals surface area (Å²) in [5.41, 5.74) is 2.57. The minimum Gasteiger partial charge on any atom is -0.396 e. The number of hydrogen-bond acceptors (Lipinski definition) is 3. The molecule has 0 atom stereocenters. The maximum absolute atomic E-state index is 8.84. The van der Waals surface area contributed by atoms with Crippen molar-refractivity contribution in [2.75, 3.05) is 6.61 Å². The van der Waals surface area contributed by atoms with Crippen LogP contribution in [0.1, 0.15) is 5.69 Å². The average Bonchev–Trinajstić information content (AvgIpc) is 2.68. The van der Waals surface area contributed by atoms with E-state index >= 15 is 0 Å². The van der Waals surface area contributed by atoms with Crippen LogP contribution in [0.4, 0.5) is 0 Å². The zero-order valence-electron chi connectivity index (χ0n) is 7.64. The zero-order chi connectivity index (χ0) is 9.80. The van der Waals surface area contributed by atoms with Gasteiger partial charge in [0.15, 0.2) is 0 Å². The van der Waals surface area contributed by atoms with E-state index in [-0.39, 0.29) is 6.61 Å². The van der Waals surface area contributed by atoms with E-state index in [0.29, 0.717) is 6.42 Å². The van der Waals surface area contributed by atoms with Crippen LogP contribution in [0.2, 0.25) is 0 Å². The highest BCUT2D eigenvalue weighted by Crippen LogP contribution is 2.17. The number of nitrogens with one attached hydrogen (secondary N) is 1. The number of hydrogen-bond donors (Lipinski definition) is 2. The lowest BCUT2D eigenvalue weighted by molar-refractivity contribution is 0.298. The molecule has 0 fully saturated rings. The van der Waals surface area contributed by atoms with Crippen LogP contribution >= 0.6 is 0 Å². The van der Waals surface area contributed by atoms with Gasteiger partial charge in [-0.3, -0.25) is 4.98 Å². The predicted octanol–water partition coefficient (Wildman–Crippen LogP) is 1.01. The number of aromatic nitrogens is 3. The second-order valence-electron chi connectivity index (χ2n) is 2.92. The van der Waals surface area contributed by atoms with Crippen LogP contribution in [-0.4, -0.2) is 26.7 Å². The van der Waals surface area contributed by atoms with Crippen molar-refractivity contribution in [3.05, 3.63) is 36.4 Å². The van der Waals surface area contributed by atoms with Gasteiger partial charge in [-0.25, -0.2) is 4.98 Å². The normalized spacial score (nSPS) is 10.4. The quantitative estimate of drug-likeness (QED) is 0.757. The average molecular weight is 189 g/mol. The van der Waals surface area contributed by atoms with Gasteiger partial charge in [0.05, 0.1) is 12.0 Å². The molecule has 2 N–H and O–H groups in total. The fraction of sp³-hybridized carbons (Fsp3) is 0.200. The number of aliphatic hydroxyl groups is 1. The van der Waals surface area contributed by atoms with Crippen LogP contribution in [0, 0.1) is 0 Å². The summed E-state index contributed by atoms with van der Waals surface area (Å²) in [6, 6.07) is 5.68. The summed E-state index contributed by atoms with van der Waals surface area (Å²) in [5.74, 6) is 0. The Bertz CT molecular complexity index is 397.